The van der Waals surface area contributed by atoms with Crippen LogP contribution in [-0.4, -0.2) is 41.4 Å². The molecule has 2 aromatic carbocycles. The lowest BCUT2D eigenvalue weighted by molar-refractivity contribution is -0.123. The van der Waals surface area contributed by atoms with Crippen LogP contribution in [0.4, 0.5) is 10.1 Å². The highest BCUT2D eigenvalue weighted by Gasteiger charge is 2.43. The molecule has 7 heteroatoms. The lowest BCUT2D eigenvalue weighted by Crippen LogP contribution is -2.44. The summed E-state index contributed by atoms with van der Waals surface area (Å²) in [7, 11) is 1.55. The van der Waals surface area contributed by atoms with E-state index in [0.29, 0.717) is 24.5 Å². The zero-order chi connectivity index (χ0) is 20.1. The Balaban J connectivity index is 1.44. The van der Waals surface area contributed by atoms with E-state index in [9.17, 15) is 14.0 Å². The molecule has 0 aliphatic carbocycles. The van der Waals surface area contributed by atoms with Crippen molar-refractivity contribution < 1.29 is 18.7 Å². The van der Waals surface area contributed by atoms with Gasteiger partial charge in [0.2, 0.25) is 5.91 Å². The average Bonchev–Trinajstić information content (AvgIpc) is 3.24. The van der Waals surface area contributed by atoms with Crippen LogP contribution >= 0.6 is 0 Å². The summed E-state index contributed by atoms with van der Waals surface area (Å²) >= 11 is 0. The minimum absolute atomic E-state index is 0.141. The molecule has 1 N–H and O–H groups in total. The fraction of sp³-hybridized carbons (Fsp3) is 0.273. The minimum atomic E-state index is -0.514. The summed E-state index contributed by atoms with van der Waals surface area (Å²) in [5, 5.41) is 0.839. The molecule has 0 saturated carbocycles. The molecule has 0 radical (unpaired) electrons. The smallest absolute Gasteiger partial charge is 0.251 e. The van der Waals surface area contributed by atoms with E-state index in [1.54, 1.807) is 37.4 Å². The summed E-state index contributed by atoms with van der Waals surface area (Å²) in [6.45, 7) is 1.17. The number of nitrogens with one attached hydrogen (secondary N) is 1. The number of hydrogen-bond donors (Lipinski definition) is 1. The molecule has 3 aromatic rings. The summed E-state index contributed by atoms with van der Waals surface area (Å²) < 4.78 is 19.0. The normalized spacial score (nSPS) is 19.8. The van der Waals surface area contributed by atoms with E-state index in [4.69, 9.17) is 4.74 Å². The number of nitrogens with zero attached hydrogens (tertiary/aromatic N) is 2. The summed E-state index contributed by atoms with van der Waals surface area (Å²) in [5.41, 5.74) is 3.49. The number of aromatic nitrogens is 1. The van der Waals surface area contributed by atoms with E-state index < -0.39 is 6.04 Å². The minimum Gasteiger partial charge on any atom is -0.497 e. The molecule has 148 valence electrons. The molecule has 1 aromatic heterocycles. The molecule has 2 aliphatic rings. The molecule has 5 rings (SSSR count). The summed E-state index contributed by atoms with van der Waals surface area (Å²) in [6, 6.07) is 11.1. The molecule has 6 nitrogen and oxygen atoms in total. The number of methoxy groups -OCH3 is 1. The number of benzene rings is 2. The van der Waals surface area contributed by atoms with Crippen molar-refractivity contribution in [1.82, 2.24) is 9.88 Å². The first-order valence-corrected chi connectivity index (χ1v) is 9.59. The molecule has 2 aliphatic heterocycles. The van der Waals surface area contributed by atoms with Gasteiger partial charge in [0.25, 0.3) is 5.91 Å². The van der Waals surface area contributed by atoms with Gasteiger partial charge < -0.3 is 9.72 Å². The number of fused-ring (bicyclic) bond motifs is 3. The Hall–Kier alpha value is -3.19. The van der Waals surface area contributed by atoms with E-state index >= 15 is 0 Å². The lowest BCUT2D eigenvalue weighted by atomic mass is 10.0. The molecular weight excluding hydrogens is 373 g/mol. The van der Waals surface area contributed by atoms with Crippen LogP contribution in [-0.2, 0) is 22.6 Å². The fourth-order valence-corrected chi connectivity index (χ4v) is 4.40. The van der Waals surface area contributed by atoms with Crippen LogP contribution in [0.5, 0.6) is 5.75 Å². The second-order valence-electron chi connectivity index (χ2n) is 7.48. The van der Waals surface area contributed by atoms with Crippen molar-refractivity contribution in [1.29, 1.82) is 0 Å². The first-order chi connectivity index (χ1) is 14.0. The first kappa shape index (κ1) is 17.9. The van der Waals surface area contributed by atoms with Crippen LogP contribution in [0, 0.1) is 5.82 Å². The third-order valence-corrected chi connectivity index (χ3v) is 5.84. The Morgan fingerprint density at radius 1 is 1.17 bits per heavy atom. The highest BCUT2D eigenvalue weighted by atomic mass is 19.1. The average molecular weight is 393 g/mol. The fourth-order valence-electron chi connectivity index (χ4n) is 4.40. The number of anilines is 1. The Morgan fingerprint density at radius 2 is 2.03 bits per heavy atom. The molecule has 0 unspecified atom stereocenters. The number of aromatic amines is 1. The van der Waals surface area contributed by atoms with Gasteiger partial charge in [0.1, 0.15) is 11.6 Å². The number of H-pyrrole nitrogens is 1. The molecule has 2 amide bonds. The van der Waals surface area contributed by atoms with Crippen molar-refractivity contribution in [2.24, 2.45) is 0 Å². The third-order valence-electron chi connectivity index (χ3n) is 5.84. The summed E-state index contributed by atoms with van der Waals surface area (Å²) in [5.74, 6) is -0.135. The Kier molecular flexibility index (Phi) is 4.13. The maximum atomic E-state index is 13.8. The highest BCUT2D eigenvalue weighted by molar-refractivity contribution is 6.22. The van der Waals surface area contributed by atoms with Crippen LogP contribution in [0.2, 0.25) is 0 Å². The van der Waals surface area contributed by atoms with Crippen LogP contribution in [0.15, 0.2) is 42.5 Å². The van der Waals surface area contributed by atoms with E-state index in [1.165, 1.54) is 17.0 Å². The standard InChI is InChI=1S/C22H20FN3O3/c1-29-15-4-2-3-14(10-15)26-21(27)11-20(22(26)28)25-8-7-19-17(12-25)16-9-13(23)5-6-18(16)24-19/h2-6,9-10,20,24H,7-8,11-12H2,1H3/t20-/m0/s1. The number of hydrogen-bond acceptors (Lipinski definition) is 4. The van der Waals surface area contributed by atoms with Crippen molar-refractivity contribution in [3.8, 4) is 5.75 Å². The number of halogens is 1. The van der Waals surface area contributed by atoms with Gasteiger partial charge in [-0.2, -0.15) is 0 Å². The Labute approximate surface area is 166 Å². The largest absolute Gasteiger partial charge is 0.497 e. The molecule has 1 saturated heterocycles. The maximum absolute atomic E-state index is 13.8. The van der Waals surface area contributed by atoms with Crippen molar-refractivity contribution in [2.75, 3.05) is 18.6 Å². The second kappa shape index (κ2) is 6.70. The monoisotopic (exact) mass is 393 g/mol. The van der Waals surface area contributed by atoms with Gasteiger partial charge in [-0.1, -0.05) is 6.07 Å². The topological polar surface area (TPSA) is 65.6 Å². The predicted molar refractivity (Wildman–Crippen MR) is 106 cm³/mol. The number of carbonyl (C=O) groups is 2. The summed E-state index contributed by atoms with van der Waals surface area (Å²) in [6.07, 6.45) is 0.866. The van der Waals surface area contributed by atoms with Crippen molar-refractivity contribution >= 4 is 28.4 Å². The van der Waals surface area contributed by atoms with Crippen LogP contribution in [0.25, 0.3) is 10.9 Å². The van der Waals surface area contributed by atoms with Gasteiger partial charge >= 0.3 is 0 Å². The van der Waals surface area contributed by atoms with Crippen LogP contribution in [0.3, 0.4) is 0 Å². The van der Waals surface area contributed by atoms with Gasteiger partial charge in [0, 0.05) is 42.2 Å². The van der Waals surface area contributed by atoms with Crippen LogP contribution in [0.1, 0.15) is 17.7 Å². The first-order valence-electron chi connectivity index (χ1n) is 9.59. The Morgan fingerprint density at radius 3 is 2.86 bits per heavy atom. The molecule has 1 atom stereocenters. The van der Waals surface area contributed by atoms with E-state index in [0.717, 1.165) is 28.6 Å². The molecule has 0 bridgehead atoms. The van der Waals surface area contributed by atoms with Crippen molar-refractivity contribution in [3.05, 3.63) is 59.5 Å². The zero-order valence-corrected chi connectivity index (χ0v) is 15.9. The number of imide groups is 1. The SMILES string of the molecule is COc1cccc(N2C(=O)C[C@H](N3CCc4[nH]c5ccc(F)cc5c4C3)C2=O)c1. The number of ether oxygens (including phenoxy) is 1. The summed E-state index contributed by atoms with van der Waals surface area (Å²) in [4.78, 5) is 32.4. The zero-order valence-electron chi connectivity index (χ0n) is 15.9. The third kappa shape index (κ3) is 2.89. The quantitative estimate of drug-likeness (QED) is 0.695. The van der Waals surface area contributed by atoms with Gasteiger partial charge in [0.05, 0.1) is 25.3 Å². The molecule has 3 heterocycles. The second-order valence-corrected chi connectivity index (χ2v) is 7.48. The van der Waals surface area contributed by atoms with E-state index in [2.05, 4.69) is 4.98 Å². The van der Waals surface area contributed by atoms with Gasteiger partial charge in [-0.3, -0.25) is 14.5 Å². The lowest BCUT2D eigenvalue weighted by Gasteiger charge is -2.31. The van der Waals surface area contributed by atoms with Gasteiger partial charge in [0.15, 0.2) is 0 Å². The van der Waals surface area contributed by atoms with Gasteiger partial charge in [-0.15, -0.1) is 0 Å². The Bertz CT molecular complexity index is 1140. The predicted octanol–water partition coefficient (Wildman–Crippen LogP) is 3.01. The number of amides is 2. The maximum Gasteiger partial charge on any atom is 0.251 e. The molecular formula is C22H20FN3O3. The number of rotatable bonds is 3. The van der Waals surface area contributed by atoms with E-state index in [1.807, 2.05) is 4.90 Å². The van der Waals surface area contributed by atoms with Gasteiger partial charge in [-0.25, -0.2) is 9.29 Å². The van der Waals surface area contributed by atoms with Crippen molar-refractivity contribution in [3.63, 3.8) is 0 Å². The van der Waals surface area contributed by atoms with E-state index in [-0.39, 0.29) is 24.1 Å². The molecule has 29 heavy (non-hydrogen) atoms. The van der Waals surface area contributed by atoms with Gasteiger partial charge in [-0.05, 0) is 35.9 Å². The number of carbonyl (C=O) groups excluding carboxylic acids is 2. The van der Waals surface area contributed by atoms with Crippen LogP contribution < -0.4 is 9.64 Å². The highest BCUT2D eigenvalue weighted by Crippen LogP contribution is 2.33. The molecule has 1 fully saturated rings. The van der Waals surface area contributed by atoms with Crippen molar-refractivity contribution in [2.45, 2.75) is 25.4 Å². The molecule has 0 spiro atoms.